The van der Waals surface area contributed by atoms with Crippen LogP contribution in [0.15, 0.2) is 47.7 Å². The molecule has 0 unspecified atom stereocenters. The summed E-state index contributed by atoms with van der Waals surface area (Å²) in [4.78, 5) is 16.1. The summed E-state index contributed by atoms with van der Waals surface area (Å²) in [7, 11) is 0. The Morgan fingerprint density at radius 1 is 1.21 bits per heavy atom. The Hall–Kier alpha value is -1.90. The lowest BCUT2D eigenvalue weighted by atomic mass is 9.94. The molecule has 0 aliphatic heterocycles. The Kier molecular flexibility index (Phi) is 2.40. The minimum absolute atomic E-state index is 0.116. The van der Waals surface area contributed by atoms with E-state index in [1.165, 1.54) is 36.1 Å². The van der Waals surface area contributed by atoms with Gasteiger partial charge in [-0.3, -0.25) is 4.79 Å². The smallest absolute Gasteiger partial charge is 0.250 e. The van der Waals surface area contributed by atoms with Crippen LogP contribution >= 0.6 is 0 Å². The van der Waals surface area contributed by atoms with Crippen molar-refractivity contribution in [3.05, 3.63) is 64.3 Å². The van der Waals surface area contributed by atoms with Crippen LogP contribution in [0.2, 0.25) is 0 Å². The van der Waals surface area contributed by atoms with E-state index in [0.29, 0.717) is 0 Å². The second-order valence-electron chi connectivity index (χ2n) is 3.10. The molecule has 1 aromatic carbocycles. The van der Waals surface area contributed by atoms with Gasteiger partial charge in [-0.25, -0.2) is 4.98 Å². The lowest BCUT2D eigenvalue weighted by Gasteiger charge is -2.11. The first-order valence-corrected chi connectivity index (χ1v) is 4.41. The molecule has 1 N–H and O–H groups in total. The van der Waals surface area contributed by atoms with Crippen LogP contribution in [0, 0.1) is 0 Å². The van der Waals surface area contributed by atoms with E-state index in [0.717, 1.165) is 0 Å². The molecule has 2 aliphatic carbocycles. The van der Waals surface area contributed by atoms with E-state index in [2.05, 4.69) is 34.2 Å². The fourth-order valence-electron chi connectivity index (χ4n) is 1.26. The quantitative estimate of drug-likeness (QED) is 0.576. The highest BCUT2D eigenvalue weighted by Gasteiger charge is 2.04. The summed E-state index contributed by atoms with van der Waals surface area (Å²) < 4.78 is 0. The monoisotopic (exact) mass is 186 g/mol. The highest BCUT2D eigenvalue weighted by molar-refractivity contribution is 5.37. The van der Waals surface area contributed by atoms with Crippen molar-refractivity contribution in [3.63, 3.8) is 0 Å². The van der Waals surface area contributed by atoms with Crippen molar-refractivity contribution in [2.45, 2.75) is 6.42 Å². The summed E-state index contributed by atoms with van der Waals surface area (Å²) >= 11 is 0. The van der Waals surface area contributed by atoms with Crippen molar-refractivity contribution in [1.82, 2.24) is 9.97 Å². The third kappa shape index (κ3) is 2.07. The number of benzene rings is 1. The minimum atomic E-state index is -0.116. The third-order valence-electron chi connectivity index (χ3n) is 1.99. The van der Waals surface area contributed by atoms with E-state index in [1.54, 1.807) is 0 Å². The Morgan fingerprint density at radius 3 is 2.14 bits per heavy atom. The van der Waals surface area contributed by atoms with Crippen LogP contribution in [0.5, 0.6) is 0 Å². The average molecular weight is 186 g/mol. The Morgan fingerprint density at radius 2 is 1.93 bits per heavy atom. The second-order valence-corrected chi connectivity index (χ2v) is 3.10. The van der Waals surface area contributed by atoms with Crippen LogP contribution in [0.4, 0.5) is 0 Å². The molecule has 14 heavy (non-hydrogen) atoms. The zero-order valence-electron chi connectivity index (χ0n) is 7.60. The SMILES string of the molecule is O=c1ccnc[nH]1.c1cc2cc(c1)C2. The fourth-order valence-corrected chi connectivity index (χ4v) is 1.26. The molecule has 0 radical (unpaired) electrons. The first-order chi connectivity index (χ1) is 6.84. The van der Waals surface area contributed by atoms with Gasteiger partial charge in [0.1, 0.15) is 0 Å². The van der Waals surface area contributed by atoms with Crippen molar-refractivity contribution in [2.75, 3.05) is 0 Å². The minimum Gasteiger partial charge on any atom is -0.313 e. The predicted molar refractivity (Wildman–Crippen MR) is 54.1 cm³/mol. The highest BCUT2D eigenvalue weighted by atomic mass is 16.1. The van der Waals surface area contributed by atoms with Gasteiger partial charge in [-0.05, 0) is 17.5 Å². The maximum Gasteiger partial charge on any atom is 0.250 e. The molecule has 0 saturated heterocycles. The van der Waals surface area contributed by atoms with Crippen LogP contribution in [0.3, 0.4) is 0 Å². The number of hydrogen-bond acceptors (Lipinski definition) is 2. The first-order valence-electron chi connectivity index (χ1n) is 4.41. The molecule has 3 heteroatoms. The van der Waals surface area contributed by atoms with Gasteiger partial charge in [0.15, 0.2) is 0 Å². The molecular formula is C11H10N2O. The van der Waals surface area contributed by atoms with Gasteiger partial charge in [0.2, 0.25) is 0 Å². The van der Waals surface area contributed by atoms with Gasteiger partial charge in [-0.1, -0.05) is 24.3 Å². The van der Waals surface area contributed by atoms with Crippen LogP contribution in [0.1, 0.15) is 11.1 Å². The maximum atomic E-state index is 10.2. The summed E-state index contributed by atoms with van der Waals surface area (Å²) in [5, 5.41) is 0. The number of rotatable bonds is 0. The Bertz CT molecular complexity index is 434. The first kappa shape index (κ1) is 8.69. The molecule has 2 bridgehead atoms. The zero-order chi connectivity index (χ0) is 9.80. The molecule has 0 saturated carbocycles. The summed E-state index contributed by atoms with van der Waals surface area (Å²) in [6.45, 7) is 0. The topological polar surface area (TPSA) is 45.8 Å². The van der Waals surface area contributed by atoms with Gasteiger partial charge in [-0.15, -0.1) is 0 Å². The van der Waals surface area contributed by atoms with Gasteiger partial charge in [0, 0.05) is 12.3 Å². The summed E-state index contributed by atoms with van der Waals surface area (Å²) in [5.41, 5.74) is 2.85. The molecule has 4 rings (SSSR count). The summed E-state index contributed by atoms with van der Waals surface area (Å²) in [6, 6.07) is 10.0. The van der Waals surface area contributed by atoms with Crippen LogP contribution < -0.4 is 5.56 Å². The summed E-state index contributed by atoms with van der Waals surface area (Å²) in [5.74, 6) is 0. The largest absolute Gasteiger partial charge is 0.313 e. The molecular weight excluding hydrogens is 176 g/mol. The third-order valence-corrected chi connectivity index (χ3v) is 1.99. The number of hydrogen-bond donors (Lipinski definition) is 1. The molecule has 1 aromatic heterocycles. The molecule has 3 nitrogen and oxygen atoms in total. The maximum absolute atomic E-state index is 10.2. The van der Waals surface area contributed by atoms with Crippen molar-refractivity contribution in [1.29, 1.82) is 0 Å². The van der Waals surface area contributed by atoms with Crippen molar-refractivity contribution in [2.24, 2.45) is 0 Å². The van der Waals surface area contributed by atoms with E-state index in [4.69, 9.17) is 0 Å². The van der Waals surface area contributed by atoms with Gasteiger partial charge in [0.05, 0.1) is 6.33 Å². The fraction of sp³-hybridized carbons (Fsp3) is 0.0909. The lowest BCUT2D eigenvalue weighted by molar-refractivity contribution is 1.09. The average Bonchev–Trinajstić information content (AvgIpc) is 2.20. The van der Waals surface area contributed by atoms with Gasteiger partial charge in [-0.2, -0.15) is 0 Å². The van der Waals surface area contributed by atoms with Crippen molar-refractivity contribution < 1.29 is 0 Å². The Balaban J connectivity index is 0.000000107. The molecule has 2 aliphatic rings. The number of aromatic amines is 1. The van der Waals surface area contributed by atoms with Gasteiger partial charge < -0.3 is 4.98 Å². The van der Waals surface area contributed by atoms with Gasteiger partial charge >= 0.3 is 0 Å². The van der Waals surface area contributed by atoms with E-state index >= 15 is 0 Å². The number of nitrogens with one attached hydrogen (secondary N) is 1. The van der Waals surface area contributed by atoms with Crippen LogP contribution in [-0.4, -0.2) is 9.97 Å². The van der Waals surface area contributed by atoms with Crippen molar-refractivity contribution >= 4 is 0 Å². The molecule has 0 atom stereocenters. The van der Waals surface area contributed by atoms with Gasteiger partial charge in [0.25, 0.3) is 5.56 Å². The molecule has 70 valence electrons. The zero-order valence-corrected chi connectivity index (χ0v) is 7.60. The normalized spacial score (nSPS) is 10.9. The Labute approximate surface area is 81.5 Å². The number of aromatic nitrogens is 2. The highest BCUT2D eigenvalue weighted by Crippen LogP contribution is 2.18. The van der Waals surface area contributed by atoms with Crippen LogP contribution in [0.25, 0.3) is 0 Å². The second kappa shape index (κ2) is 3.87. The number of H-pyrrole nitrogens is 1. The predicted octanol–water partition coefficient (Wildman–Crippen LogP) is 1.36. The number of nitrogens with zero attached hydrogens (tertiary/aromatic N) is 1. The molecule has 1 heterocycles. The number of fused-ring (bicyclic) bond motifs is 2. The van der Waals surface area contributed by atoms with E-state index in [-0.39, 0.29) is 5.56 Å². The molecule has 0 fully saturated rings. The molecule has 2 aromatic rings. The van der Waals surface area contributed by atoms with Crippen molar-refractivity contribution in [3.8, 4) is 0 Å². The summed E-state index contributed by atoms with van der Waals surface area (Å²) in [6.07, 6.45) is 4.01. The standard InChI is InChI=1S/C7H6.C4H4N2O/c1-2-6-4-7(3-1)5-6;7-4-1-2-5-3-6-4/h1-4H,5H2;1-3H,(H,5,6,7). The lowest BCUT2D eigenvalue weighted by Crippen LogP contribution is -2.00. The van der Waals surface area contributed by atoms with Crippen LogP contribution in [-0.2, 0) is 6.42 Å². The van der Waals surface area contributed by atoms with E-state index < -0.39 is 0 Å². The van der Waals surface area contributed by atoms with E-state index in [1.807, 2.05) is 0 Å². The molecule has 0 amide bonds. The van der Waals surface area contributed by atoms with E-state index in [9.17, 15) is 4.79 Å². The molecule has 0 spiro atoms.